The summed E-state index contributed by atoms with van der Waals surface area (Å²) in [5, 5.41) is 71.3. The maximum atomic E-state index is 14.9. The molecule has 2 amide bonds. The molecule has 3 fully saturated rings. The summed E-state index contributed by atoms with van der Waals surface area (Å²) in [4.78, 5) is 42.1. The monoisotopic (exact) mass is 1080 g/mol. The number of hydrogen-bond donors (Lipinski definition) is 7. The highest BCUT2D eigenvalue weighted by atomic mass is 19.1. The molecule has 20 atom stereocenters. The summed E-state index contributed by atoms with van der Waals surface area (Å²) in [6, 6.07) is 4.34. The number of nitrogens with two attached hydrogens (primary N) is 1. The summed E-state index contributed by atoms with van der Waals surface area (Å²) in [7, 11) is 6.65. The third-order valence-corrected chi connectivity index (χ3v) is 16.8. The number of nitrogens with one attached hydrogen (secondary N) is 1. The first-order valence-electron chi connectivity index (χ1n) is 26.8. The van der Waals surface area contributed by atoms with E-state index in [1.54, 1.807) is 72.0 Å². The lowest BCUT2D eigenvalue weighted by Crippen LogP contribution is -2.62. The predicted molar refractivity (Wildman–Crippen MR) is 278 cm³/mol. The number of hydrogen-bond acceptors (Lipinski definition) is 18. The number of aromatic nitrogens is 3. The number of methoxy groups -OCH3 is 2. The van der Waals surface area contributed by atoms with Crippen LogP contribution in [-0.4, -0.2) is 207 Å². The number of nitrogens with zero attached hydrogens (tertiary/aromatic N) is 5. The van der Waals surface area contributed by atoms with Crippen LogP contribution in [0.3, 0.4) is 0 Å². The smallest absolute Gasteiger partial charge is 0.309 e. The number of esters is 1. The number of carbonyl (C=O) groups is 3. The van der Waals surface area contributed by atoms with Crippen molar-refractivity contribution in [2.75, 3.05) is 54.6 Å². The quantitative estimate of drug-likeness (QED) is 0.112. The number of aliphatic hydroxyl groups excluding tert-OH is 3. The Balaban J connectivity index is 1.43. The lowest BCUT2D eigenvalue weighted by molar-refractivity contribution is -0.302. The first-order chi connectivity index (χ1) is 35.5. The zero-order chi connectivity index (χ0) is 56.8. The fourth-order valence-electron chi connectivity index (χ4n) is 12.2. The van der Waals surface area contributed by atoms with E-state index in [0.29, 0.717) is 37.2 Å². The Hall–Kier alpha value is -3.78. The number of carbonyl (C=O) groups excluding carboxylic acids is 3. The number of primary amides is 1. The van der Waals surface area contributed by atoms with Crippen LogP contribution >= 0.6 is 0 Å². The molecule has 0 aliphatic carbocycles. The molecule has 432 valence electrons. The molecule has 1 aromatic heterocycles. The van der Waals surface area contributed by atoms with Gasteiger partial charge in [0.2, 0.25) is 5.91 Å². The van der Waals surface area contributed by atoms with Gasteiger partial charge in [0, 0.05) is 69.9 Å². The number of ether oxygens (including phenoxy) is 6. The highest BCUT2D eigenvalue weighted by Gasteiger charge is 2.55. The lowest BCUT2D eigenvalue weighted by atomic mass is 9.68. The van der Waals surface area contributed by atoms with Gasteiger partial charge in [-0.3, -0.25) is 14.4 Å². The Morgan fingerprint density at radius 3 is 2.26 bits per heavy atom. The van der Waals surface area contributed by atoms with Gasteiger partial charge in [-0.05, 0) is 104 Å². The molecule has 2 aromatic rings. The summed E-state index contributed by atoms with van der Waals surface area (Å²) >= 11 is 0. The van der Waals surface area contributed by atoms with Crippen LogP contribution in [0, 0.1) is 23.7 Å². The SMILES string of the molecule is CC[C@H]1OC(=O)[C@H](C)C([C@H]2C[C@@](C)(OC)[C@@H](O)[C@H](C)O2)[C@H](C)[C@@H](O[C@@H]2O[C@H](C)C[C@H](N(C)CCc3cn([C@H](CF)[C@H](OC)c4ccc(C(=O)NCC(N)=O)cc4)nn3)[C@H]2O)[C@](C)(O)C[C@@H](C)CN(C)[C@H](C)[C@@H](O)[C@]1(C)O. The first kappa shape index (κ1) is 63.1. The minimum atomic E-state index is -1.84. The third kappa shape index (κ3) is 14.5. The molecule has 3 saturated heterocycles. The largest absolute Gasteiger partial charge is 0.459 e. The summed E-state index contributed by atoms with van der Waals surface area (Å²) in [5.41, 5.74) is 1.98. The van der Waals surface area contributed by atoms with Gasteiger partial charge in [0.1, 0.15) is 48.8 Å². The Bertz CT molecular complexity index is 2190. The minimum Gasteiger partial charge on any atom is -0.459 e. The van der Waals surface area contributed by atoms with E-state index >= 15 is 0 Å². The maximum Gasteiger partial charge on any atom is 0.309 e. The van der Waals surface area contributed by atoms with Crippen molar-refractivity contribution in [1.29, 1.82) is 0 Å². The van der Waals surface area contributed by atoms with E-state index in [4.69, 9.17) is 34.2 Å². The third-order valence-electron chi connectivity index (χ3n) is 16.8. The Morgan fingerprint density at radius 1 is 1.01 bits per heavy atom. The molecular weight excluding hydrogens is 990 g/mol. The van der Waals surface area contributed by atoms with Gasteiger partial charge in [-0.25, -0.2) is 9.07 Å². The molecule has 3 aliphatic heterocycles. The normalized spacial score (nSPS) is 38.4. The van der Waals surface area contributed by atoms with E-state index in [1.807, 2.05) is 44.7 Å². The van der Waals surface area contributed by atoms with Crippen molar-refractivity contribution in [3.63, 3.8) is 0 Å². The highest BCUT2D eigenvalue weighted by molar-refractivity contribution is 5.96. The number of halogens is 1. The molecule has 1 unspecified atom stereocenters. The van der Waals surface area contributed by atoms with Crippen LogP contribution in [0.25, 0.3) is 0 Å². The highest BCUT2D eigenvalue weighted by Crippen LogP contribution is 2.45. The van der Waals surface area contributed by atoms with Crippen molar-refractivity contribution in [2.45, 2.75) is 197 Å². The summed E-state index contributed by atoms with van der Waals surface area (Å²) in [6.45, 7) is 17.3. The second kappa shape index (κ2) is 26.5. The van der Waals surface area contributed by atoms with Gasteiger partial charge in [0.25, 0.3) is 5.91 Å². The zero-order valence-electron chi connectivity index (χ0n) is 47.2. The van der Waals surface area contributed by atoms with E-state index in [1.165, 1.54) is 25.8 Å². The van der Waals surface area contributed by atoms with Crippen LogP contribution in [0.2, 0.25) is 0 Å². The molecule has 22 heteroatoms. The molecule has 4 heterocycles. The second-order valence-electron chi connectivity index (χ2n) is 22.9. The lowest BCUT2D eigenvalue weighted by Gasteiger charge is -2.51. The topological polar surface area (TPSA) is 283 Å². The summed E-state index contributed by atoms with van der Waals surface area (Å²) in [5.74, 6) is -4.53. The summed E-state index contributed by atoms with van der Waals surface area (Å²) < 4.78 is 54.2. The van der Waals surface area contributed by atoms with Crippen molar-refractivity contribution >= 4 is 17.8 Å². The van der Waals surface area contributed by atoms with Crippen LogP contribution in [0.15, 0.2) is 30.5 Å². The summed E-state index contributed by atoms with van der Waals surface area (Å²) in [6.07, 6.45) is -6.82. The Morgan fingerprint density at radius 2 is 1.67 bits per heavy atom. The van der Waals surface area contributed by atoms with Crippen LogP contribution in [0.4, 0.5) is 4.39 Å². The fraction of sp³-hybridized carbons (Fsp3) is 0.796. The molecule has 3 aliphatic rings. The van der Waals surface area contributed by atoms with Crippen molar-refractivity contribution in [3.8, 4) is 0 Å². The number of aliphatic hydroxyl groups is 5. The van der Waals surface area contributed by atoms with Crippen molar-refractivity contribution < 1.29 is 72.7 Å². The Labute approximate surface area is 448 Å². The second-order valence-corrected chi connectivity index (χ2v) is 22.9. The molecule has 0 spiro atoms. The molecule has 0 saturated carbocycles. The standard InChI is InChI=1S/C54H90FN7O14/c1-15-41-54(10,70)46(65)33(6)61(12)27-29(2)23-52(8,69)48(31(4)43(32(5)50(68)75-41)40-24-53(9,72-14)47(66)34(7)74-40)76-51-44(64)38(22-30(3)73-51)60(11)21-20-37-28-62(59-58-37)39(25-55)45(71-13)35-16-18-36(19-17-35)49(67)57-26-42(56)63/h16-19,28-34,38-41,43-48,51,64-66,69-70H,15,20-27H2,1-14H3,(H2,56,63)(H,57,67)/t29-,30-,31+,32-,33-,34+,38+,39-,40-,41-,43?,44-,45-,46-,47+,48-,51+,52-,53-,54-/m1/s1. The zero-order valence-corrected chi connectivity index (χ0v) is 47.2. The van der Waals surface area contributed by atoms with Gasteiger partial charge in [0.15, 0.2) is 6.29 Å². The fourth-order valence-corrected chi connectivity index (χ4v) is 12.2. The number of likely N-dealkylation sites (N-methyl/N-ethyl adjacent to an activating group) is 2. The van der Waals surface area contributed by atoms with Gasteiger partial charge < -0.3 is 74.8 Å². The molecule has 1 aromatic carbocycles. The van der Waals surface area contributed by atoms with Crippen molar-refractivity contribution in [2.24, 2.45) is 29.4 Å². The number of cyclic esters (lactones) is 1. The van der Waals surface area contributed by atoms with E-state index in [9.17, 15) is 44.3 Å². The molecule has 0 bridgehead atoms. The molecule has 0 radical (unpaired) electrons. The molecular formula is C54H90FN7O14. The van der Waals surface area contributed by atoms with Crippen LogP contribution in [0.5, 0.6) is 0 Å². The van der Waals surface area contributed by atoms with Gasteiger partial charge in [0.05, 0.1) is 53.8 Å². The predicted octanol–water partition coefficient (Wildman–Crippen LogP) is 2.49. The van der Waals surface area contributed by atoms with E-state index < -0.39 is 138 Å². The van der Waals surface area contributed by atoms with Crippen LogP contribution in [-0.2, 0) is 44.4 Å². The van der Waals surface area contributed by atoms with E-state index in [-0.39, 0.29) is 37.3 Å². The van der Waals surface area contributed by atoms with Gasteiger partial charge in [-0.2, -0.15) is 0 Å². The van der Waals surface area contributed by atoms with E-state index in [0.717, 1.165) is 0 Å². The molecule has 8 N–H and O–H groups in total. The van der Waals surface area contributed by atoms with Gasteiger partial charge >= 0.3 is 5.97 Å². The molecule has 21 nitrogen and oxygen atoms in total. The number of benzene rings is 1. The van der Waals surface area contributed by atoms with Gasteiger partial charge in [-0.1, -0.05) is 45.0 Å². The van der Waals surface area contributed by atoms with Crippen molar-refractivity contribution in [3.05, 3.63) is 47.3 Å². The van der Waals surface area contributed by atoms with Crippen LogP contribution < -0.4 is 11.1 Å². The Kier molecular flexibility index (Phi) is 21.9. The van der Waals surface area contributed by atoms with Gasteiger partial charge in [-0.15, -0.1) is 5.10 Å². The average Bonchev–Trinajstić information content (AvgIpc) is 3.84. The van der Waals surface area contributed by atoms with Crippen LogP contribution in [0.1, 0.15) is 129 Å². The van der Waals surface area contributed by atoms with Crippen molar-refractivity contribution in [1.82, 2.24) is 30.1 Å². The molecule has 5 rings (SSSR count). The number of rotatable bonds is 17. The van der Waals surface area contributed by atoms with E-state index in [2.05, 4.69) is 15.6 Å². The maximum absolute atomic E-state index is 14.9. The molecule has 76 heavy (non-hydrogen) atoms. The first-order valence-corrected chi connectivity index (χ1v) is 26.8. The average molecular weight is 1080 g/mol. The minimum absolute atomic E-state index is 0.154. The number of amides is 2. The number of alkyl halides is 1.